The third-order valence-corrected chi connectivity index (χ3v) is 4.23. The molecule has 3 aromatic rings. The average molecular weight is 383 g/mol. The number of carbonyl (C=O) groups excluding carboxylic acids is 2. The van der Waals surface area contributed by atoms with Crippen molar-refractivity contribution in [2.75, 3.05) is 6.61 Å². The number of hydrogen-bond acceptors (Lipinski definition) is 5. The highest BCUT2D eigenvalue weighted by Gasteiger charge is 2.18. The maximum absolute atomic E-state index is 13.0. The Labute approximate surface area is 159 Å². The minimum absolute atomic E-state index is 0.0444. The molecule has 0 saturated heterocycles. The fraction of sp³-hybridized carbons (Fsp3) is 0.200. The van der Waals surface area contributed by atoms with Gasteiger partial charge in [0, 0.05) is 12.4 Å². The Morgan fingerprint density at radius 2 is 1.79 bits per heavy atom. The van der Waals surface area contributed by atoms with Gasteiger partial charge in [-0.25, -0.2) is 13.9 Å². The van der Waals surface area contributed by atoms with Crippen LogP contribution >= 0.6 is 0 Å². The quantitative estimate of drug-likeness (QED) is 0.682. The minimum atomic E-state index is -0.809. The number of ether oxygens (including phenoxy) is 1. The molecule has 1 amide bonds. The number of fused-ring (bicyclic) bond motifs is 1. The van der Waals surface area contributed by atoms with Crippen molar-refractivity contribution < 1.29 is 18.7 Å². The lowest BCUT2D eigenvalue weighted by atomic mass is 10.1. The largest absolute Gasteiger partial charge is 0.451 e. The maximum Gasteiger partial charge on any atom is 0.359 e. The summed E-state index contributed by atoms with van der Waals surface area (Å²) in [5.41, 5.74) is 0.335. The molecule has 28 heavy (non-hydrogen) atoms. The highest BCUT2D eigenvalue weighted by Crippen LogP contribution is 2.15. The Kier molecular flexibility index (Phi) is 5.49. The van der Waals surface area contributed by atoms with Gasteiger partial charge in [0.15, 0.2) is 12.3 Å². The van der Waals surface area contributed by atoms with Crippen LogP contribution in [0.1, 0.15) is 29.0 Å². The van der Waals surface area contributed by atoms with Crippen LogP contribution in [-0.2, 0) is 16.6 Å². The van der Waals surface area contributed by atoms with Crippen molar-refractivity contribution in [3.05, 3.63) is 76.0 Å². The molecule has 2 aromatic carbocycles. The summed E-state index contributed by atoms with van der Waals surface area (Å²) in [7, 11) is 1.43. The van der Waals surface area contributed by atoms with E-state index in [9.17, 15) is 18.8 Å². The Balaban J connectivity index is 1.68. The van der Waals surface area contributed by atoms with Gasteiger partial charge in [0.05, 0.1) is 11.4 Å². The van der Waals surface area contributed by atoms with Crippen molar-refractivity contribution >= 4 is 22.6 Å². The van der Waals surface area contributed by atoms with E-state index < -0.39 is 18.5 Å². The van der Waals surface area contributed by atoms with Crippen LogP contribution in [-0.4, -0.2) is 28.3 Å². The van der Waals surface area contributed by atoms with Crippen LogP contribution < -0.4 is 10.9 Å². The number of hydrogen-bond donors (Lipinski definition) is 1. The molecule has 7 nitrogen and oxygen atoms in total. The zero-order valence-corrected chi connectivity index (χ0v) is 15.3. The number of carbonyl (C=O) groups is 2. The van der Waals surface area contributed by atoms with Crippen LogP contribution in [0.4, 0.5) is 4.39 Å². The average Bonchev–Trinajstić information content (AvgIpc) is 2.69. The smallest absolute Gasteiger partial charge is 0.359 e. The number of amides is 1. The molecular weight excluding hydrogens is 365 g/mol. The predicted molar refractivity (Wildman–Crippen MR) is 100 cm³/mol. The number of esters is 1. The van der Waals surface area contributed by atoms with Crippen molar-refractivity contribution in [1.82, 2.24) is 15.1 Å². The normalized spacial score (nSPS) is 11.8. The van der Waals surface area contributed by atoms with Crippen molar-refractivity contribution in [2.45, 2.75) is 13.0 Å². The van der Waals surface area contributed by atoms with Gasteiger partial charge in [-0.15, -0.1) is 0 Å². The number of aryl methyl sites for hydroxylation is 1. The van der Waals surface area contributed by atoms with Gasteiger partial charge < -0.3 is 10.1 Å². The lowest BCUT2D eigenvalue weighted by Crippen LogP contribution is -2.31. The van der Waals surface area contributed by atoms with Crippen LogP contribution in [0.2, 0.25) is 0 Å². The first-order chi connectivity index (χ1) is 13.4. The standard InChI is InChI=1S/C20H18FN3O4/c1-12(13-7-9-14(21)10-8-13)22-17(25)11-28-20(27)18-15-5-3-4-6-16(15)19(26)24(2)23-18/h3-10,12H,11H2,1-2H3,(H,22,25)/t12-/m1/s1. The second kappa shape index (κ2) is 7.99. The van der Waals surface area contributed by atoms with E-state index in [-0.39, 0.29) is 23.1 Å². The van der Waals surface area contributed by atoms with E-state index in [0.717, 1.165) is 4.68 Å². The van der Waals surface area contributed by atoms with E-state index in [0.29, 0.717) is 16.3 Å². The molecule has 1 heterocycles. The lowest BCUT2D eigenvalue weighted by Gasteiger charge is -2.14. The topological polar surface area (TPSA) is 90.3 Å². The number of nitrogens with one attached hydrogen (secondary N) is 1. The Morgan fingerprint density at radius 3 is 2.46 bits per heavy atom. The highest BCUT2D eigenvalue weighted by atomic mass is 19.1. The molecule has 1 N–H and O–H groups in total. The molecular formula is C20H18FN3O4. The van der Waals surface area contributed by atoms with Gasteiger partial charge in [-0.05, 0) is 30.7 Å². The Morgan fingerprint density at radius 1 is 1.14 bits per heavy atom. The van der Waals surface area contributed by atoms with Crippen molar-refractivity contribution in [1.29, 1.82) is 0 Å². The minimum Gasteiger partial charge on any atom is -0.451 e. The molecule has 0 saturated carbocycles. The predicted octanol–water partition coefficient (Wildman–Crippen LogP) is 2.11. The molecule has 0 spiro atoms. The van der Waals surface area contributed by atoms with Gasteiger partial charge in [0.2, 0.25) is 0 Å². The number of benzene rings is 2. The maximum atomic E-state index is 13.0. The molecule has 0 radical (unpaired) electrons. The zero-order valence-electron chi connectivity index (χ0n) is 15.3. The summed E-state index contributed by atoms with van der Waals surface area (Å²) in [4.78, 5) is 36.6. The van der Waals surface area contributed by atoms with E-state index in [1.165, 1.54) is 19.2 Å². The van der Waals surface area contributed by atoms with Crippen LogP contribution in [0.5, 0.6) is 0 Å². The third kappa shape index (κ3) is 4.06. The van der Waals surface area contributed by atoms with Gasteiger partial charge >= 0.3 is 5.97 Å². The summed E-state index contributed by atoms with van der Waals surface area (Å²) in [6.45, 7) is 1.22. The number of rotatable bonds is 5. The molecule has 8 heteroatoms. The van der Waals surface area contributed by atoms with E-state index in [1.54, 1.807) is 43.3 Å². The first kappa shape index (κ1) is 19.2. The van der Waals surface area contributed by atoms with E-state index >= 15 is 0 Å². The van der Waals surface area contributed by atoms with E-state index in [2.05, 4.69) is 10.4 Å². The number of aromatic nitrogens is 2. The lowest BCUT2D eigenvalue weighted by molar-refractivity contribution is -0.124. The summed E-state index contributed by atoms with van der Waals surface area (Å²) in [5.74, 6) is -1.69. The second-order valence-corrected chi connectivity index (χ2v) is 6.24. The summed E-state index contributed by atoms with van der Waals surface area (Å²) in [6, 6.07) is 11.9. The van der Waals surface area contributed by atoms with Crippen LogP contribution in [0.15, 0.2) is 53.3 Å². The molecule has 0 aliphatic rings. The highest BCUT2D eigenvalue weighted by molar-refractivity contribution is 6.02. The Hall–Kier alpha value is -3.55. The fourth-order valence-electron chi connectivity index (χ4n) is 2.77. The van der Waals surface area contributed by atoms with Gasteiger partial charge in [0.1, 0.15) is 5.82 Å². The molecule has 0 aliphatic carbocycles. The van der Waals surface area contributed by atoms with Crippen molar-refractivity contribution in [3.63, 3.8) is 0 Å². The van der Waals surface area contributed by atoms with E-state index in [4.69, 9.17) is 4.74 Å². The van der Waals surface area contributed by atoms with Gasteiger partial charge in [-0.3, -0.25) is 9.59 Å². The van der Waals surface area contributed by atoms with Crippen LogP contribution in [0, 0.1) is 5.82 Å². The zero-order chi connectivity index (χ0) is 20.3. The summed E-state index contributed by atoms with van der Waals surface area (Å²) < 4.78 is 19.1. The first-order valence-electron chi connectivity index (χ1n) is 8.55. The molecule has 1 atom stereocenters. The Bertz CT molecular complexity index is 1090. The summed E-state index contributed by atoms with van der Waals surface area (Å²) in [6.07, 6.45) is 0. The molecule has 3 rings (SSSR count). The van der Waals surface area contributed by atoms with Crippen molar-refractivity contribution in [3.8, 4) is 0 Å². The van der Waals surface area contributed by atoms with Gasteiger partial charge in [-0.2, -0.15) is 5.10 Å². The molecule has 0 bridgehead atoms. The monoisotopic (exact) mass is 383 g/mol. The van der Waals surface area contributed by atoms with Crippen LogP contribution in [0.3, 0.4) is 0 Å². The summed E-state index contributed by atoms with van der Waals surface area (Å²) >= 11 is 0. The number of halogens is 1. The SMILES string of the molecule is C[C@@H](NC(=O)COC(=O)c1nn(C)c(=O)c2ccccc12)c1ccc(F)cc1. The molecule has 1 aromatic heterocycles. The summed E-state index contributed by atoms with van der Waals surface area (Å²) in [5, 5.41) is 7.32. The van der Waals surface area contributed by atoms with E-state index in [1.807, 2.05) is 0 Å². The molecule has 0 unspecified atom stereocenters. The first-order valence-corrected chi connectivity index (χ1v) is 8.55. The molecule has 0 aliphatic heterocycles. The molecule has 144 valence electrons. The van der Waals surface area contributed by atoms with Gasteiger partial charge in [0.25, 0.3) is 11.5 Å². The van der Waals surface area contributed by atoms with Gasteiger partial charge in [-0.1, -0.05) is 30.3 Å². The number of nitrogens with zero attached hydrogens (tertiary/aromatic N) is 2. The second-order valence-electron chi connectivity index (χ2n) is 6.24. The third-order valence-electron chi connectivity index (χ3n) is 4.23. The van der Waals surface area contributed by atoms with Crippen LogP contribution in [0.25, 0.3) is 10.8 Å². The fourth-order valence-corrected chi connectivity index (χ4v) is 2.77. The van der Waals surface area contributed by atoms with Crippen molar-refractivity contribution in [2.24, 2.45) is 7.05 Å². The molecule has 0 fully saturated rings.